The van der Waals surface area contributed by atoms with Crippen LogP contribution < -0.4 is 0 Å². The molecule has 2 nitrogen and oxygen atoms in total. The Labute approximate surface area is 78.6 Å². The Morgan fingerprint density at radius 1 is 0.917 bits per heavy atom. The first-order valence-corrected chi connectivity index (χ1v) is 4.75. The first-order valence-electron chi connectivity index (χ1n) is 3.52. The Morgan fingerprint density at radius 2 is 1.33 bits per heavy atom. The predicted molar refractivity (Wildman–Crippen MR) is 56.8 cm³/mol. The van der Waals surface area contributed by atoms with Gasteiger partial charge in [-0.15, -0.1) is 11.8 Å². The van der Waals surface area contributed by atoms with Crippen molar-refractivity contribution in [3.05, 3.63) is 30.3 Å². The van der Waals surface area contributed by atoms with Crippen molar-refractivity contribution in [3.8, 4) is 0 Å². The minimum Gasteiger partial charge on any atom is -0.412 e. The summed E-state index contributed by atoms with van der Waals surface area (Å²) in [6.07, 6.45) is 2.08. The number of benzene rings is 1. The molecule has 0 unspecified atom stereocenters. The Hall–Kier alpha value is -0.510. The van der Waals surface area contributed by atoms with Crippen molar-refractivity contribution < 1.29 is 11.0 Å². The quantitative estimate of drug-likeness (QED) is 0.623. The van der Waals surface area contributed by atoms with Crippen LogP contribution in [-0.2, 0) is 0 Å². The lowest BCUT2D eigenvalue weighted by atomic mass is 10.4. The second-order valence-corrected chi connectivity index (χ2v) is 2.40. The average Bonchev–Trinajstić information content (AvgIpc) is 2.10. The van der Waals surface area contributed by atoms with E-state index in [9.17, 15) is 0 Å². The summed E-state index contributed by atoms with van der Waals surface area (Å²) in [5.41, 5.74) is 0. The first kappa shape index (κ1) is 17.5. The predicted octanol–water partition coefficient (Wildman–Crippen LogP) is 1.79. The average molecular weight is 190 g/mol. The lowest BCUT2D eigenvalue weighted by molar-refractivity contribution is 0.823. The van der Waals surface area contributed by atoms with Gasteiger partial charge in [-0.1, -0.05) is 32.0 Å². The van der Waals surface area contributed by atoms with E-state index in [0.717, 1.165) is 0 Å². The third-order valence-electron chi connectivity index (χ3n) is 0.979. The van der Waals surface area contributed by atoms with Crippen molar-refractivity contribution in [2.24, 2.45) is 0 Å². The summed E-state index contributed by atoms with van der Waals surface area (Å²) in [7, 11) is 0. The lowest BCUT2D eigenvalue weighted by Gasteiger charge is -1.89. The molecular formula is C9H18O2S. The van der Waals surface area contributed by atoms with E-state index in [4.69, 9.17) is 0 Å². The normalized spacial score (nSPS) is 6.58. The number of rotatable bonds is 1. The van der Waals surface area contributed by atoms with Crippen molar-refractivity contribution in [3.63, 3.8) is 0 Å². The van der Waals surface area contributed by atoms with E-state index in [0.29, 0.717) is 0 Å². The monoisotopic (exact) mass is 190 g/mol. The third kappa shape index (κ3) is 7.60. The first-order chi connectivity index (χ1) is 4.93. The summed E-state index contributed by atoms with van der Waals surface area (Å²) in [5, 5.41) is 0. The fourth-order valence-corrected chi connectivity index (χ4v) is 0.986. The van der Waals surface area contributed by atoms with Crippen molar-refractivity contribution in [1.82, 2.24) is 0 Å². The standard InChI is InChI=1S/C7H8S.C2H6.2H2O/c1-8-7-5-3-2-4-6-7;1-2;;/h2-6H,1H3;1-2H3;2*1H2. The van der Waals surface area contributed by atoms with Gasteiger partial charge in [-0.3, -0.25) is 0 Å². The summed E-state index contributed by atoms with van der Waals surface area (Å²) in [4.78, 5) is 1.33. The highest BCUT2D eigenvalue weighted by Gasteiger charge is 1.80. The summed E-state index contributed by atoms with van der Waals surface area (Å²) < 4.78 is 0. The molecule has 0 heterocycles. The molecule has 72 valence electrons. The second-order valence-electron chi connectivity index (χ2n) is 1.52. The minimum absolute atomic E-state index is 0. The van der Waals surface area contributed by atoms with E-state index in [1.807, 2.05) is 32.0 Å². The van der Waals surface area contributed by atoms with Crippen molar-refractivity contribution in [2.45, 2.75) is 18.7 Å². The van der Waals surface area contributed by atoms with Crippen LogP contribution in [0.3, 0.4) is 0 Å². The molecule has 1 aromatic rings. The van der Waals surface area contributed by atoms with Gasteiger partial charge in [0.25, 0.3) is 0 Å². The molecular weight excluding hydrogens is 172 g/mol. The summed E-state index contributed by atoms with van der Waals surface area (Å²) in [5.74, 6) is 0. The van der Waals surface area contributed by atoms with Gasteiger partial charge in [-0.25, -0.2) is 0 Å². The SMILES string of the molecule is CC.CSc1ccccc1.O.O. The molecule has 3 heteroatoms. The van der Waals surface area contributed by atoms with E-state index in [1.54, 1.807) is 11.8 Å². The molecule has 1 rings (SSSR count). The van der Waals surface area contributed by atoms with Crippen LogP contribution >= 0.6 is 11.8 Å². The Balaban J connectivity index is -0.000000189. The molecule has 0 aliphatic heterocycles. The van der Waals surface area contributed by atoms with Gasteiger partial charge in [0.1, 0.15) is 0 Å². The highest BCUT2D eigenvalue weighted by molar-refractivity contribution is 7.98. The zero-order valence-electron chi connectivity index (χ0n) is 7.79. The van der Waals surface area contributed by atoms with Gasteiger partial charge >= 0.3 is 0 Å². The van der Waals surface area contributed by atoms with Crippen LogP contribution in [0.5, 0.6) is 0 Å². The van der Waals surface area contributed by atoms with Gasteiger partial charge in [0, 0.05) is 4.90 Å². The van der Waals surface area contributed by atoms with Crippen molar-refractivity contribution in [1.29, 1.82) is 0 Å². The maximum absolute atomic E-state index is 2.10. The second kappa shape index (κ2) is 13.1. The minimum atomic E-state index is 0. The molecule has 0 atom stereocenters. The summed E-state index contributed by atoms with van der Waals surface area (Å²) in [6, 6.07) is 10.3. The van der Waals surface area contributed by atoms with Crippen LogP contribution in [0.15, 0.2) is 35.2 Å². The van der Waals surface area contributed by atoms with E-state index in [-0.39, 0.29) is 11.0 Å². The highest BCUT2D eigenvalue weighted by atomic mass is 32.2. The molecule has 4 N–H and O–H groups in total. The van der Waals surface area contributed by atoms with Crippen molar-refractivity contribution in [2.75, 3.05) is 6.26 Å². The zero-order valence-corrected chi connectivity index (χ0v) is 8.61. The highest BCUT2D eigenvalue weighted by Crippen LogP contribution is 2.11. The maximum atomic E-state index is 2.10. The van der Waals surface area contributed by atoms with E-state index in [2.05, 4.69) is 18.4 Å². The van der Waals surface area contributed by atoms with E-state index in [1.165, 1.54) is 4.90 Å². The number of thioether (sulfide) groups is 1. The molecule has 0 fully saturated rings. The largest absolute Gasteiger partial charge is 0.412 e. The molecule has 0 bridgehead atoms. The molecule has 1 aromatic carbocycles. The number of hydrogen-bond acceptors (Lipinski definition) is 1. The number of hydrogen-bond donors (Lipinski definition) is 0. The summed E-state index contributed by atoms with van der Waals surface area (Å²) >= 11 is 1.77. The van der Waals surface area contributed by atoms with Crippen LogP contribution in [0.4, 0.5) is 0 Å². The van der Waals surface area contributed by atoms with Gasteiger partial charge in [0.2, 0.25) is 0 Å². The van der Waals surface area contributed by atoms with E-state index < -0.39 is 0 Å². The molecule has 0 spiro atoms. The zero-order chi connectivity index (χ0) is 7.82. The molecule has 0 aliphatic rings. The van der Waals surface area contributed by atoms with Gasteiger partial charge in [-0.05, 0) is 18.4 Å². The molecule has 0 saturated heterocycles. The van der Waals surface area contributed by atoms with Gasteiger partial charge in [-0.2, -0.15) is 0 Å². The molecule has 0 aliphatic carbocycles. The van der Waals surface area contributed by atoms with Crippen LogP contribution in [0.25, 0.3) is 0 Å². The Bertz CT molecular complexity index is 154. The fourth-order valence-electron chi connectivity index (χ4n) is 0.557. The summed E-state index contributed by atoms with van der Waals surface area (Å²) in [6.45, 7) is 4.00. The Morgan fingerprint density at radius 3 is 1.58 bits per heavy atom. The Kier molecular flexibility index (Phi) is 19.2. The molecule has 12 heavy (non-hydrogen) atoms. The van der Waals surface area contributed by atoms with Gasteiger partial charge in [0.15, 0.2) is 0 Å². The van der Waals surface area contributed by atoms with E-state index >= 15 is 0 Å². The van der Waals surface area contributed by atoms with Crippen LogP contribution in [0.1, 0.15) is 13.8 Å². The molecule has 0 amide bonds. The lowest BCUT2D eigenvalue weighted by Crippen LogP contribution is -1.62. The molecule has 0 radical (unpaired) electrons. The van der Waals surface area contributed by atoms with Crippen LogP contribution in [0, 0.1) is 0 Å². The topological polar surface area (TPSA) is 63.0 Å². The molecule has 0 aromatic heterocycles. The smallest absolute Gasteiger partial charge is 0.00691 e. The maximum Gasteiger partial charge on any atom is 0.00691 e. The third-order valence-corrected chi connectivity index (χ3v) is 1.72. The fraction of sp³-hybridized carbons (Fsp3) is 0.333. The molecule has 0 saturated carbocycles. The van der Waals surface area contributed by atoms with Gasteiger partial charge < -0.3 is 11.0 Å². The van der Waals surface area contributed by atoms with Crippen LogP contribution in [0.2, 0.25) is 0 Å². The van der Waals surface area contributed by atoms with Crippen LogP contribution in [-0.4, -0.2) is 17.2 Å². The van der Waals surface area contributed by atoms with Gasteiger partial charge in [0.05, 0.1) is 0 Å². The van der Waals surface area contributed by atoms with Crippen molar-refractivity contribution >= 4 is 11.8 Å².